The number of carbonyl (C=O) groups excluding carboxylic acids is 2. The van der Waals surface area contributed by atoms with Crippen LogP contribution in [-0.2, 0) is 11.2 Å². The van der Waals surface area contributed by atoms with Gasteiger partial charge in [0.15, 0.2) is 5.76 Å². The molecule has 4 aromatic rings. The lowest BCUT2D eigenvalue weighted by atomic mass is 9.98. The van der Waals surface area contributed by atoms with Crippen LogP contribution in [-0.4, -0.2) is 26.8 Å². The zero-order valence-electron chi connectivity index (χ0n) is 19.3. The van der Waals surface area contributed by atoms with Gasteiger partial charge in [0.05, 0.1) is 21.8 Å². The van der Waals surface area contributed by atoms with Crippen molar-refractivity contribution in [2.24, 2.45) is 0 Å². The van der Waals surface area contributed by atoms with E-state index in [0.717, 1.165) is 17.5 Å². The van der Waals surface area contributed by atoms with E-state index in [4.69, 9.17) is 0 Å². The van der Waals surface area contributed by atoms with Gasteiger partial charge in [-0.15, -0.1) is 11.3 Å². The Kier molecular flexibility index (Phi) is 6.01. The Balaban J connectivity index is 1.61. The fourth-order valence-corrected chi connectivity index (χ4v) is 5.27. The largest absolute Gasteiger partial charge is 0.503 e. The summed E-state index contributed by atoms with van der Waals surface area (Å²) < 4.78 is 0. The number of aromatic nitrogens is 2. The van der Waals surface area contributed by atoms with Crippen molar-refractivity contribution in [2.75, 3.05) is 4.90 Å². The number of ketones is 1. The third-order valence-corrected chi connectivity index (χ3v) is 7.27. The first-order valence-corrected chi connectivity index (χ1v) is 12.1. The molecule has 0 spiro atoms. The van der Waals surface area contributed by atoms with Crippen molar-refractivity contribution in [3.05, 3.63) is 112 Å². The third kappa shape index (κ3) is 4.04. The van der Waals surface area contributed by atoms with Crippen LogP contribution in [0.3, 0.4) is 0 Å². The first-order chi connectivity index (χ1) is 17.0. The lowest BCUT2D eigenvalue weighted by Crippen LogP contribution is -2.31. The molecule has 5 rings (SSSR count). The van der Waals surface area contributed by atoms with Crippen LogP contribution in [0.25, 0.3) is 10.6 Å². The van der Waals surface area contributed by atoms with E-state index in [1.54, 1.807) is 31.3 Å². The van der Waals surface area contributed by atoms with Gasteiger partial charge in [-0.2, -0.15) is 0 Å². The molecular formula is C28H23N3O3S. The van der Waals surface area contributed by atoms with E-state index in [1.807, 2.05) is 54.6 Å². The van der Waals surface area contributed by atoms with Gasteiger partial charge in [-0.05, 0) is 43.2 Å². The van der Waals surface area contributed by atoms with Gasteiger partial charge in [0.2, 0.25) is 5.78 Å². The maximum Gasteiger partial charge on any atom is 0.294 e. The van der Waals surface area contributed by atoms with Crippen molar-refractivity contribution in [1.82, 2.24) is 9.97 Å². The van der Waals surface area contributed by atoms with Gasteiger partial charge in [-0.3, -0.25) is 19.5 Å². The number of thiazole rings is 1. The molecule has 1 amide bonds. The number of nitrogens with zero attached hydrogens (tertiary/aromatic N) is 3. The number of pyridine rings is 1. The number of anilines is 1. The topological polar surface area (TPSA) is 83.4 Å². The first-order valence-electron chi connectivity index (χ1n) is 11.3. The molecule has 2 aromatic carbocycles. The zero-order valence-corrected chi connectivity index (χ0v) is 20.1. The van der Waals surface area contributed by atoms with Crippen LogP contribution in [0, 0.1) is 6.92 Å². The van der Waals surface area contributed by atoms with E-state index < -0.39 is 23.5 Å². The Morgan fingerprint density at radius 1 is 1.03 bits per heavy atom. The number of hydrogen-bond acceptors (Lipinski definition) is 6. The monoisotopic (exact) mass is 481 g/mol. The van der Waals surface area contributed by atoms with Gasteiger partial charge in [-0.25, -0.2) is 4.98 Å². The van der Waals surface area contributed by atoms with Crippen molar-refractivity contribution >= 4 is 28.7 Å². The summed E-state index contributed by atoms with van der Waals surface area (Å²) in [6.07, 6.45) is 2.47. The summed E-state index contributed by atoms with van der Waals surface area (Å²) in [5.74, 6) is -1.60. The molecule has 35 heavy (non-hydrogen) atoms. The predicted molar refractivity (Wildman–Crippen MR) is 137 cm³/mol. The van der Waals surface area contributed by atoms with Crippen LogP contribution in [0.1, 0.15) is 39.6 Å². The number of Topliss-reactive ketones (excluding diaryl/α,β-unsaturated/α-hetero) is 1. The molecule has 0 aliphatic carbocycles. The van der Waals surface area contributed by atoms with E-state index in [9.17, 15) is 14.7 Å². The molecule has 2 aromatic heterocycles. The average molecular weight is 482 g/mol. The summed E-state index contributed by atoms with van der Waals surface area (Å²) in [5, 5.41) is 11.7. The van der Waals surface area contributed by atoms with E-state index >= 15 is 0 Å². The number of amides is 1. The first kappa shape index (κ1) is 22.7. The van der Waals surface area contributed by atoms with Crippen molar-refractivity contribution < 1.29 is 14.7 Å². The molecule has 1 N–H and O–H groups in total. The Hall–Kier alpha value is -4.10. The predicted octanol–water partition coefficient (Wildman–Crippen LogP) is 5.86. The second-order valence-electron chi connectivity index (χ2n) is 8.24. The number of hydrogen-bond donors (Lipinski definition) is 1. The molecule has 1 atom stereocenters. The Morgan fingerprint density at radius 3 is 2.40 bits per heavy atom. The normalized spacial score (nSPS) is 15.7. The summed E-state index contributed by atoms with van der Waals surface area (Å²) >= 11 is 1.25. The van der Waals surface area contributed by atoms with E-state index in [-0.39, 0.29) is 5.57 Å². The van der Waals surface area contributed by atoms with Gasteiger partial charge in [0.25, 0.3) is 5.91 Å². The van der Waals surface area contributed by atoms with Crippen LogP contribution in [0.5, 0.6) is 0 Å². The van der Waals surface area contributed by atoms with E-state index in [1.165, 1.54) is 16.2 Å². The second kappa shape index (κ2) is 9.27. The highest BCUT2D eigenvalue weighted by Gasteiger charge is 2.46. The summed E-state index contributed by atoms with van der Waals surface area (Å²) in [6, 6.07) is 21.6. The van der Waals surface area contributed by atoms with Crippen LogP contribution >= 0.6 is 11.3 Å². The molecule has 0 bridgehead atoms. The fraction of sp³-hybridized carbons (Fsp3) is 0.143. The smallest absolute Gasteiger partial charge is 0.294 e. The number of aliphatic hydroxyl groups is 1. The van der Waals surface area contributed by atoms with Crippen LogP contribution in [0.4, 0.5) is 5.69 Å². The number of rotatable bonds is 6. The molecule has 0 radical (unpaired) electrons. The molecule has 3 heterocycles. The maximum atomic E-state index is 13.9. The lowest BCUT2D eigenvalue weighted by Gasteiger charge is -2.26. The maximum absolute atomic E-state index is 13.9. The summed E-state index contributed by atoms with van der Waals surface area (Å²) in [5.41, 5.74) is 3.68. The van der Waals surface area contributed by atoms with Crippen molar-refractivity contribution in [1.29, 1.82) is 0 Å². The Labute approximate surface area is 207 Å². The SMILES string of the molecule is CCc1ccc(N2C(=O)C(O)=C(C(=O)c3sc(-c4ccccc4)nc3C)C2c2ccccn2)cc1. The van der Waals surface area contributed by atoms with Crippen LogP contribution in [0.15, 0.2) is 90.3 Å². The zero-order chi connectivity index (χ0) is 24.5. The molecule has 1 aliphatic rings. The number of benzene rings is 2. The highest BCUT2D eigenvalue weighted by Crippen LogP contribution is 2.42. The summed E-state index contributed by atoms with van der Waals surface area (Å²) in [6.45, 7) is 3.82. The average Bonchev–Trinajstić information content (AvgIpc) is 3.42. The van der Waals surface area contributed by atoms with Gasteiger partial charge >= 0.3 is 0 Å². The van der Waals surface area contributed by atoms with Crippen LogP contribution in [0.2, 0.25) is 0 Å². The minimum Gasteiger partial charge on any atom is -0.503 e. The summed E-state index contributed by atoms with van der Waals surface area (Å²) in [4.78, 5) is 38.1. The molecule has 0 saturated carbocycles. The molecular weight excluding hydrogens is 458 g/mol. The van der Waals surface area contributed by atoms with Gasteiger partial charge in [0.1, 0.15) is 11.0 Å². The minimum absolute atomic E-state index is 0.0135. The highest BCUT2D eigenvalue weighted by molar-refractivity contribution is 7.17. The van der Waals surface area contributed by atoms with Crippen molar-refractivity contribution in [3.8, 4) is 10.6 Å². The van der Waals surface area contributed by atoms with Gasteiger partial charge in [-0.1, -0.05) is 55.5 Å². The molecule has 0 fully saturated rings. The number of carbonyl (C=O) groups is 2. The van der Waals surface area contributed by atoms with E-state index in [0.29, 0.717) is 27.0 Å². The quantitative estimate of drug-likeness (QED) is 0.349. The van der Waals surface area contributed by atoms with Crippen molar-refractivity contribution in [2.45, 2.75) is 26.3 Å². The second-order valence-corrected chi connectivity index (χ2v) is 9.24. The molecule has 1 aliphatic heterocycles. The standard InChI is InChI=1S/C28H23N3O3S/c1-3-18-12-14-20(15-13-18)31-23(21-11-7-8-16-29-21)22(25(33)28(31)34)24(32)26-17(2)30-27(35-26)19-9-5-4-6-10-19/h4-16,23,33H,3H2,1-2H3. The third-order valence-electron chi connectivity index (χ3n) is 6.07. The molecule has 6 nitrogen and oxygen atoms in total. The van der Waals surface area contributed by atoms with Gasteiger partial charge in [0, 0.05) is 17.4 Å². The minimum atomic E-state index is -0.856. The Morgan fingerprint density at radius 2 is 1.74 bits per heavy atom. The van der Waals surface area contributed by atoms with Crippen molar-refractivity contribution in [3.63, 3.8) is 0 Å². The van der Waals surface area contributed by atoms with Gasteiger partial charge < -0.3 is 5.11 Å². The summed E-state index contributed by atoms with van der Waals surface area (Å²) in [7, 11) is 0. The number of aryl methyl sites for hydroxylation is 2. The lowest BCUT2D eigenvalue weighted by molar-refractivity contribution is -0.117. The number of aliphatic hydroxyl groups excluding tert-OH is 1. The molecule has 174 valence electrons. The highest BCUT2D eigenvalue weighted by atomic mass is 32.1. The van der Waals surface area contributed by atoms with Crippen LogP contribution < -0.4 is 4.90 Å². The molecule has 0 saturated heterocycles. The molecule has 1 unspecified atom stereocenters. The van der Waals surface area contributed by atoms with E-state index in [2.05, 4.69) is 16.9 Å². The molecule has 7 heteroatoms. The Bertz CT molecular complexity index is 1430. The fourth-order valence-electron chi connectivity index (χ4n) is 4.25.